The quantitative estimate of drug-likeness (QED) is 0.913. The molecule has 1 unspecified atom stereocenters. The van der Waals surface area contributed by atoms with Crippen molar-refractivity contribution in [1.82, 2.24) is 0 Å². The molecule has 100 valence electrons. The van der Waals surface area contributed by atoms with Crippen LogP contribution in [0.4, 0.5) is 5.69 Å². The van der Waals surface area contributed by atoms with Gasteiger partial charge in [-0.3, -0.25) is 4.79 Å². The van der Waals surface area contributed by atoms with Gasteiger partial charge >= 0.3 is 0 Å². The summed E-state index contributed by atoms with van der Waals surface area (Å²) in [5.74, 6) is -0.0143. The molecule has 1 saturated carbocycles. The summed E-state index contributed by atoms with van der Waals surface area (Å²) in [6.07, 6.45) is 5.00. The van der Waals surface area contributed by atoms with Crippen LogP contribution in [0.3, 0.4) is 0 Å². The molecule has 0 aliphatic heterocycles. The number of thioether (sulfide) groups is 1. The van der Waals surface area contributed by atoms with Crippen molar-refractivity contribution in [2.24, 2.45) is 0 Å². The highest BCUT2D eigenvalue weighted by Crippen LogP contribution is 2.32. The molecule has 19 heavy (non-hydrogen) atoms. The SMILES string of the molecule is CC(SC1CCCC1)C(=O)Nc1ccccc1C#N. The van der Waals surface area contributed by atoms with Gasteiger partial charge in [-0.1, -0.05) is 25.0 Å². The second-order valence-electron chi connectivity index (χ2n) is 4.83. The molecule has 0 radical (unpaired) electrons. The van der Waals surface area contributed by atoms with E-state index in [1.165, 1.54) is 25.7 Å². The monoisotopic (exact) mass is 274 g/mol. The van der Waals surface area contributed by atoms with Crippen molar-refractivity contribution >= 4 is 23.4 Å². The van der Waals surface area contributed by atoms with E-state index in [2.05, 4.69) is 11.4 Å². The Labute approximate surface area is 118 Å². The zero-order chi connectivity index (χ0) is 13.7. The third-order valence-electron chi connectivity index (χ3n) is 3.37. The van der Waals surface area contributed by atoms with Crippen LogP contribution in [0, 0.1) is 11.3 Å². The molecule has 0 bridgehead atoms. The number of nitrogens with one attached hydrogen (secondary N) is 1. The number of nitrogens with zero attached hydrogens (tertiary/aromatic N) is 1. The van der Waals surface area contributed by atoms with Gasteiger partial charge in [-0.25, -0.2) is 0 Å². The van der Waals surface area contributed by atoms with E-state index in [0.29, 0.717) is 16.5 Å². The molecule has 0 spiro atoms. The summed E-state index contributed by atoms with van der Waals surface area (Å²) >= 11 is 1.75. The minimum absolute atomic E-state index is 0.0143. The van der Waals surface area contributed by atoms with Gasteiger partial charge in [0.1, 0.15) is 6.07 Å². The maximum absolute atomic E-state index is 12.1. The third-order valence-corrected chi connectivity index (χ3v) is 4.85. The number of hydrogen-bond donors (Lipinski definition) is 1. The number of rotatable bonds is 4. The van der Waals surface area contributed by atoms with Crippen LogP contribution < -0.4 is 5.32 Å². The summed E-state index contributed by atoms with van der Waals surface area (Å²) in [4.78, 5) is 12.1. The topological polar surface area (TPSA) is 52.9 Å². The largest absolute Gasteiger partial charge is 0.324 e. The van der Waals surface area contributed by atoms with Crippen molar-refractivity contribution in [2.75, 3.05) is 5.32 Å². The van der Waals surface area contributed by atoms with Crippen LogP contribution in [-0.4, -0.2) is 16.4 Å². The summed E-state index contributed by atoms with van der Waals surface area (Å²) in [5.41, 5.74) is 1.11. The first-order valence-corrected chi connectivity index (χ1v) is 7.60. The van der Waals surface area contributed by atoms with E-state index in [1.54, 1.807) is 30.0 Å². The van der Waals surface area contributed by atoms with Crippen molar-refractivity contribution in [3.05, 3.63) is 29.8 Å². The predicted molar refractivity (Wildman–Crippen MR) is 79.1 cm³/mol. The molecule has 1 aromatic carbocycles. The molecule has 0 aromatic heterocycles. The highest BCUT2D eigenvalue weighted by molar-refractivity contribution is 8.01. The zero-order valence-electron chi connectivity index (χ0n) is 11.1. The Hall–Kier alpha value is -1.47. The lowest BCUT2D eigenvalue weighted by Gasteiger charge is -2.16. The first-order valence-electron chi connectivity index (χ1n) is 6.66. The molecule has 4 heteroatoms. The average molecular weight is 274 g/mol. The predicted octanol–water partition coefficient (Wildman–Crippen LogP) is 3.56. The maximum atomic E-state index is 12.1. The number of benzene rings is 1. The number of para-hydroxylation sites is 1. The van der Waals surface area contributed by atoms with Gasteiger partial charge in [0.2, 0.25) is 5.91 Å². The Balaban J connectivity index is 1.94. The van der Waals surface area contributed by atoms with E-state index in [-0.39, 0.29) is 11.2 Å². The standard InChI is InChI=1S/C15H18N2OS/c1-11(19-13-7-3-4-8-13)15(18)17-14-9-5-2-6-12(14)10-16/h2,5-6,9,11,13H,3-4,7-8H2,1H3,(H,17,18). The molecule has 0 heterocycles. The van der Waals surface area contributed by atoms with Gasteiger partial charge in [0.25, 0.3) is 0 Å². The lowest BCUT2D eigenvalue weighted by Crippen LogP contribution is -2.24. The number of carbonyl (C=O) groups excluding carboxylic acids is 1. The molecule has 1 atom stereocenters. The van der Waals surface area contributed by atoms with Crippen LogP contribution >= 0.6 is 11.8 Å². The lowest BCUT2D eigenvalue weighted by molar-refractivity contribution is -0.115. The zero-order valence-corrected chi connectivity index (χ0v) is 11.9. The Kier molecular flexibility index (Phi) is 4.86. The molecule has 0 saturated heterocycles. The number of nitriles is 1. The van der Waals surface area contributed by atoms with Crippen molar-refractivity contribution in [3.63, 3.8) is 0 Å². The molecule has 1 fully saturated rings. The minimum atomic E-state index is -0.0742. The molecular weight excluding hydrogens is 256 g/mol. The molecule has 2 rings (SSSR count). The summed E-state index contributed by atoms with van der Waals surface area (Å²) in [5, 5.41) is 12.4. The summed E-state index contributed by atoms with van der Waals surface area (Å²) in [6, 6.07) is 9.19. The van der Waals surface area contributed by atoms with Crippen molar-refractivity contribution in [1.29, 1.82) is 5.26 Å². The van der Waals surface area contributed by atoms with E-state index in [9.17, 15) is 4.79 Å². The summed E-state index contributed by atoms with van der Waals surface area (Å²) in [6.45, 7) is 1.94. The highest BCUT2D eigenvalue weighted by atomic mass is 32.2. The molecule has 1 aromatic rings. The van der Waals surface area contributed by atoms with Crippen LogP contribution in [0.15, 0.2) is 24.3 Å². The Morgan fingerprint density at radius 2 is 2.11 bits per heavy atom. The van der Waals surface area contributed by atoms with Crippen LogP contribution in [0.5, 0.6) is 0 Å². The average Bonchev–Trinajstić information content (AvgIpc) is 2.92. The van der Waals surface area contributed by atoms with Crippen LogP contribution in [0.1, 0.15) is 38.2 Å². The van der Waals surface area contributed by atoms with Crippen molar-refractivity contribution in [3.8, 4) is 6.07 Å². The fourth-order valence-electron chi connectivity index (χ4n) is 2.30. The second-order valence-corrected chi connectivity index (χ2v) is 6.48. The van der Waals surface area contributed by atoms with Crippen molar-refractivity contribution in [2.45, 2.75) is 43.1 Å². The lowest BCUT2D eigenvalue weighted by atomic mass is 10.2. The van der Waals surface area contributed by atoms with Gasteiger partial charge in [-0.2, -0.15) is 5.26 Å². The fourth-order valence-corrected chi connectivity index (χ4v) is 3.66. The normalized spacial score (nSPS) is 16.8. The Morgan fingerprint density at radius 3 is 2.79 bits per heavy atom. The smallest absolute Gasteiger partial charge is 0.237 e. The minimum Gasteiger partial charge on any atom is -0.324 e. The summed E-state index contributed by atoms with van der Waals surface area (Å²) < 4.78 is 0. The molecule has 1 amide bonds. The van der Waals surface area contributed by atoms with Gasteiger partial charge < -0.3 is 5.32 Å². The van der Waals surface area contributed by atoms with E-state index >= 15 is 0 Å². The van der Waals surface area contributed by atoms with Gasteiger partial charge in [0.15, 0.2) is 0 Å². The first kappa shape index (κ1) is 14.0. The van der Waals surface area contributed by atoms with E-state index in [0.717, 1.165) is 0 Å². The van der Waals surface area contributed by atoms with Crippen LogP contribution in [0.2, 0.25) is 0 Å². The van der Waals surface area contributed by atoms with Gasteiger partial charge in [-0.05, 0) is 31.9 Å². The van der Waals surface area contributed by atoms with E-state index < -0.39 is 0 Å². The van der Waals surface area contributed by atoms with Gasteiger partial charge in [0, 0.05) is 5.25 Å². The first-order chi connectivity index (χ1) is 9.20. The molecule has 1 aliphatic rings. The fraction of sp³-hybridized carbons (Fsp3) is 0.467. The molecule has 3 nitrogen and oxygen atoms in total. The number of carbonyl (C=O) groups is 1. The van der Waals surface area contributed by atoms with Crippen molar-refractivity contribution < 1.29 is 4.79 Å². The molecule has 1 N–H and O–H groups in total. The van der Waals surface area contributed by atoms with E-state index in [1.807, 2.05) is 13.0 Å². The number of amides is 1. The van der Waals surface area contributed by atoms with Gasteiger partial charge in [0.05, 0.1) is 16.5 Å². The molecule has 1 aliphatic carbocycles. The Morgan fingerprint density at radius 1 is 1.42 bits per heavy atom. The van der Waals surface area contributed by atoms with Crippen LogP contribution in [0.25, 0.3) is 0 Å². The summed E-state index contributed by atoms with van der Waals surface area (Å²) in [7, 11) is 0. The molecular formula is C15H18N2OS. The van der Waals surface area contributed by atoms with E-state index in [4.69, 9.17) is 5.26 Å². The highest BCUT2D eigenvalue weighted by Gasteiger charge is 2.22. The van der Waals surface area contributed by atoms with Crippen LogP contribution in [-0.2, 0) is 4.79 Å². The van der Waals surface area contributed by atoms with Gasteiger partial charge in [-0.15, -0.1) is 11.8 Å². The second kappa shape index (κ2) is 6.63. The number of hydrogen-bond acceptors (Lipinski definition) is 3. The Bertz CT molecular complexity index is 489. The number of anilines is 1. The maximum Gasteiger partial charge on any atom is 0.237 e. The third kappa shape index (κ3) is 3.74.